The molecular weight excluding hydrogens is 370 g/mol. The lowest BCUT2D eigenvalue weighted by Gasteiger charge is -2.29. The average molecular weight is 395 g/mol. The lowest BCUT2D eigenvalue weighted by Crippen LogP contribution is -2.38. The molecular formula is C21H25N5O3. The van der Waals surface area contributed by atoms with Gasteiger partial charge in [-0.3, -0.25) is 14.5 Å². The van der Waals surface area contributed by atoms with Crippen LogP contribution in [0.4, 0.5) is 0 Å². The topological polar surface area (TPSA) is 80.9 Å². The Balaban J connectivity index is 1.65. The van der Waals surface area contributed by atoms with E-state index in [0.717, 1.165) is 30.8 Å². The maximum atomic E-state index is 13.1. The lowest BCUT2D eigenvalue weighted by atomic mass is 10.1. The quantitative estimate of drug-likeness (QED) is 0.629. The maximum Gasteiger partial charge on any atom is 0.279 e. The van der Waals surface area contributed by atoms with Crippen molar-refractivity contribution in [2.24, 2.45) is 7.05 Å². The fourth-order valence-corrected chi connectivity index (χ4v) is 3.94. The van der Waals surface area contributed by atoms with Crippen molar-refractivity contribution in [3.63, 3.8) is 0 Å². The number of fused-ring (bicyclic) bond motifs is 2. The zero-order chi connectivity index (χ0) is 20.4. The van der Waals surface area contributed by atoms with Crippen LogP contribution in [-0.4, -0.2) is 51.8 Å². The number of aryl methyl sites for hydroxylation is 1. The molecule has 152 valence electrons. The fourth-order valence-electron chi connectivity index (χ4n) is 3.94. The average Bonchev–Trinajstić information content (AvgIpc) is 3.19. The molecule has 4 rings (SSSR count). The molecule has 3 aromatic rings. The van der Waals surface area contributed by atoms with Crippen LogP contribution < -0.4 is 10.9 Å². The molecule has 1 aromatic carbocycles. The Hall–Kier alpha value is -2.97. The minimum Gasteiger partial charge on any atom is -0.383 e. The first-order valence-corrected chi connectivity index (χ1v) is 9.72. The summed E-state index contributed by atoms with van der Waals surface area (Å²) in [4.78, 5) is 27.9. The number of nitrogens with one attached hydrogen (secondary N) is 1. The van der Waals surface area contributed by atoms with Crippen LogP contribution in [0.2, 0.25) is 0 Å². The van der Waals surface area contributed by atoms with E-state index in [2.05, 4.69) is 27.4 Å². The molecule has 2 aromatic heterocycles. The largest absolute Gasteiger partial charge is 0.383 e. The van der Waals surface area contributed by atoms with Crippen LogP contribution in [0, 0.1) is 0 Å². The Kier molecular flexibility index (Phi) is 5.46. The van der Waals surface area contributed by atoms with Crippen molar-refractivity contribution in [3.05, 3.63) is 69.3 Å². The van der Waals surface area contributed by atoms with Gasteiger partial charge in [-0.15, -0.1) is 0 Å². The molecule has 29 heavy (non-hydrogen) atoms. The molecule has 1 N–H and O–H groups in total. The number of methoxy groups -OCH3 is 1. The molecule has 1 aliphatic rings. The summed E-state index contributed by atoms with van der Waals surface area (Å²) in [6.07, 6.45) is 2.21. The van der Waals surface area contributed by atoms with Gasteiger partial charge >= 0.3 is 0 Å². The van der Waals surface area contributed by atoms with Gasteiger partial charge in [-0.1, -0.05) is 30.3 Å². The van der Waals surface area contributed by atoms with Gasteiger partial charge in [-0.2, -0.15) is 9.61 Å². The molecule has 1 amide bonds. The van der Waals surface area contributed by atoms with Crippen molar-refractivity contribution in [3.8, 4) is 0 Å². The van der Waals surface area contributed by atoms with Crippen LogP contribution in [0.1, 0.15) is 27.2 Å². The van der Waals surface area contributed by atoms with Crippen molar-refractivity contribution in [2.45, 2.75) is 19.5 Å². The molecule has 1 aliphatic heterocycles. The second-order valence-corrected chi connectivity index (χ2v) is 7.28. The Morgan fingerprint density at radius 3 is 2.83 bits per heavy atom. The number of nitrogens with zero attached hydrogens (tertiary/aromatic N) is 4. The fraction of sp³-hybridized carbons (Fsp3) is 0.381. The van der Waals surface area contributed by atoms with Crippen LogP contribution in [-0.2, 0) is 31.3 Å². The minimum atomic E-state index is -0.256. The highest BCUT2D eigenvalue weighted by molar-refractivity contribution is 5.99. The van der Waals surface area contributed by atoms with E-state index in [4.69, 9.17) is 4.74 Å². The summed E-state index contributed by atoms with van der Waals surface area (Å²) < 4.78 is 8.25. The van der Waals surface area contributed by atoms with E-state index in [0.29, 0.717) is 30.9 Å². The Bertz CT molecular complexity index is 1090. The molecule has 0 unspecified atom stereocenters. The number of hydrogen-bond donors (Lipinski definition) is 1. The first-order chi connectivity index (χ1) is 14.1. The Morgan fingerprint density at radius 2 is 2.07 bits per heavy atom. The molecule has 8 nitrogen and oxygen atoms in total. The first-order valence-electron chi connectivity index (χ1n) is 9.72. The van der Waals surface area contributed by atoms with Gasteiger partial charge in [-0.25, -0.2) is 0 Å². The minimum absolute atomic E-state index is 0.151. The summed E-state index contributed by atoms with van der Waals surface area (Å²) in [5, 5.41) is 7.02. The van der Waals surface area contributed by atoms with E-state index in [9.17, 15) is 9.59 Å². The maximum absolute atomic E-state index is 13.1. The number of aromatic nitrogens is 3. The predicted molar refractivity (Wildman–Crippen MR) is 109 cm³/mol. The van der Waals surface area contributed by atoms with Gasteiger partial charge in [0.15, 0.2) is 5.65 Å². The number of benzene rings is 1. The Labute approximate surface area is 168 Å². The van der Waals surface area contributed by atoms with Crippen LogP contribution in [0.25, 0.3) is 5.65 Å². The number of ether oxygens (including phenoxy) is 1. The number of amides is 1. The van der Waals surface area contributed by atoms with Crippen LogP contribution in [0.5, 0.6) is 0 Å². The lowest BCUT2D eigenvalue weighted by molar-refractivity contribution is 0.0938. The van der Waals surface area contributed by atoms with Crippen LogP contribution in [0.15, 0.2) is 41.3 Å². The molecule has 0 atom stereocenters. The van der Waals surface area contributed by atoms with E-state index in [-0.39, 0.29) is 11.5 Å². The molecule has 3 heterocycles. The van der Waals surface area contributed by atoms with Gasteiger partial charge in [0, 0.05) is 52.5 Å². The highest BCUT2D eigenvalue weighted by Gasteiger charge is 2.26. The summed E-state index contributed by atoms with van der Waals surface area (Å²) in [5.41, 5.74) is 3.72. The van der Waals surface area contributed by atoms with Crippen molar-refractivity contribution in [1.82, 2.24) is 24.4 Å². The summed E-state index contributed by atoms with van der Waals surface area (Å²) in [6, 6.07) is 10.2. The molecule has 0 fully saturated rings. The summed E-state index contributed by atoms with van der Waals surface area (Å²) in [6.45, 7) is 3.06. The highest BCUT2D eigenvalue weighted by atomic mass is 16.5. The second kappa shape index (κ2) is 8.18. The molecule has 0 aliphatic carbocycles. The zero-order valence-corrected chi connectivity index (χ0v) is 16.7. The number of carbonyl (C=O) groups is 1. The first kappa shape index (κ1) is 19.4. The third-order valence-electron chi connectivity index (χ3n) is 5.40. The third-order valence-corrected chi connectivity index (χ3v) is 5.40. The smallest absolute Gasteiger partial charge is 0.279 e. The van der Waals surface area contributed by atoms with E-state index >= 15 is 0 Å². The number of hydrogen-bond acceptors (Lipinski definition) is 5. The summed E-state index contributed by atoms with van der Waals surface area (Å²) in [5.74, 6) is -0.256. The standard InChI is InChI=1S/C21H25N5O3/c1-24-18-8-10-25(13-15-6-4-3-5-7-15)14-17(18)21(28)26-20(24)16(12-23-26)19(27)22-9-11-29-2/h3-7,12H,8-11,13-14H2,1-2H3,(H,22,27). The molecule has 0 spiro atoms. The molecule has 0 saturated carbocycles. The summed E-state index contributed by atoms with van der Waals surface area (Å²) in [7, 11) is 3.48. The Morgan fingerprint density at radius 1 is 1.28 bits per heavy atom. The normalized spacial score (nSPS) is 14.1. The van der Waals surface area contributed by atoms with E-state index in [1.165, 1.54) is 16.3 Å². The van der Waals surface area contributed by atoms with Gasteiger partial charge in [0.1, 0.15) is 5.56 Å². The van der Waals surface area contributed by atoms with Crippen molar-refractivity contribution in [2.75, 3.05) is 26.8 Å². The van der Waals surface area contributed by atoms with E-state index in [1.807, 2.05) is 29.8 Å². The van der Waals surface area contributed by atoms with Crippen LogP contribution >= 0.6 is 0 Å². The second-order valence-electron chi connectivity index (χ2n) is 7.28. The van der Waals surface area contributed by atoms with E-state index < -0.39 is 0 Å². The van der Waals surface area contributed by atoms with Crippen LogP contribution in [0.3, 0.4) is 0 Å². The molecule has 8 heteroatoms. The van der Waals surface area contributed by atoms with Crippen molar-refractivity contribution < 1.29 is 9.53 Å². The molecule has 0 bridgehead atoms. The third kappa shape index (κ3) is 3.68. The van der Waals surface area contributed by atoms with Gasteiger partial charge in [0.25, 0.3) is 11.5 Å². The SMILES string of the molecule is COCCNC(=O)c1cnn2c(=O)c3c(n(C)c12)CCN(Cc1ccccc1)C3. The highest BCUT2D eigenvalue weighted by Crippen LogP contribution is 2.20. The van der Waals surface area contributed by atoms with Gasteiger partial charge in [0.2, 0.25) is 0 Å². The van der Waals surface area contributed by atoms with Crippen molar-refractivity contribution >= 4 is 11.6 Å². The number of rotatable bonds is 6. The monoisotopic (exact) mass is 395 g/mol. The zero-order valence-electron chi connectivity index (χ0n) is 16.7. The predicted octanol–water partition coefficient (Wildman–Crippen LogP) is 0.968. The summed E-state index contributed by atoms with van der Waals surface area (Å²) >= 11 is 0. The van der Waals surface area contributed by atoms with Gasteiger partial charge in [0.05, 0.1) is 18.4 Å². The van der Waals surface area contributed by atoms with E-state index in [1.54, 1.807) is 7.11 Å². The van der Waals surface area contributed by atoms with Gasteiger partial charge in [-0.05, 0) is 5.56 Å². The van der Waals surface area contributed by atoms with Gasteiger partial charge < -0.3 is 14.6 Å². The molecule has 0 radical (unpaired) electrons. The number of carbonyl (C=O) groups excluding carboxylic acids is 1. The van der Waals surface area contributed by atoms with Crippen molar-refractivity contribution in [1.29, 1.82) is 0 Å². The molecule has 0 saturated heterocycles.